The van der Waals surface area contributed by atoms with E-state index in [4.69, 9.17) is 27.9 Å². The van der Waals surface area contributed by atoms with Gasteiger partial charge < -0.3 is 10.1 Å². The third-order valence-electron chi connectivity index (χ3n) is 4.17. The van der Waals surface area contributed by atoms with Crippen molar-refractivity contribution in [1.29, 1.82) is 0 Å². The van der Waals surface area contributed by atoms with Crippen molar-refractivity contribution >= 4 is 29.1 Å². The molecule has 1 N–H and O–H groups in total. The molecule has 0 spiro atoms. The highest BCUT2D eigenvalue weighted by molar-refractivity contribution is 6.42. The molecule has 1 aromatic carbocycles. The largest absolute Gasteiger partial charge is 0.385 e. The molecule has 0 radical (unpaired) electrons. The lowest BCUT2D eigenvalue weighted by molar-refractivity contribution is -0.126. The van der Waals surface area contributed by atoms with Gasteiger partial charge in [-0.3, -0.25) is 9.69 Å². The van der Waals surface area contributed by atoms with E-state index in [2.05, 4.69) is 10.2 Å². The van der Waals surface area contributed by atoms with Gasteiger partial charge in [0.05, 0.1) is 10.0 Å². The van der Waals surface area contributed by atoms with Gasteiger partial charge in [0.1, 0.15) is 0 Å². The minimum absolute atomic E-state index is 0.127. The standard InChI is InChI=1S/C17H24Cl2N2O2/c1-23-10-2-7-20-17(22)14-5-8-21(9-6-14)12-13-3-4-15(18)16(19)11-13/h3-4,11,14H,2,5-10,12H2,1H3,(H,20,22). The van der Waals surface area contributed by atoms with Crippen LogP contribution < -0.4 is 5.32 Å². The Kier molecular flexibility index (Phi) is 7.63. The Balaban J connectivity index is 1.73. The van der Waals surface area contributed by atoms with E-state index in [1.807, 2.05) is 18.2 Å². The lowest BCUT2D eigenvalue weighted by Crippen LogP contribution is -2.40. The van der Waals surface area contributed by atoms with Crippen LogP contribution in [-0.4, -0.2) is 44.2 Å². The molecule has 1 aliphatic rings. The van der Waals surface area contributed by atoms with Crippen molar-refractivity contribution in [2.75, 3.05) is 33.4 Å². The Labute approximate surface area is 148 Å². The van der Waals surface area contributed by atoms with Gasteiger partial charge in [-0.2, -0.15) is 0 Å². The zero-order valence-corrected chi connectivity index (χ0v) is 15.0. The number of likely N-dealkylation sites (tertiary alicyclic amines) is 1. The van der Waals surface area contributed by atoms with Crippen molar-refractivity contribution < 1.29 is 9.53 Å². The SMILES string of the molecule is COCCCNC(=O)C1CCN(Cc2ccc(Cl)c(Cl)c2)CC1. The topological polar surface area (TPSA) is 41.6 Å². The fourth-order valence-corrected chi connectivity index (χ4v) is 3.14. The Morgan fingerprint density at radius 1 is 1.30 bits per heavy atom. The van der Waals surface area contributed by atoms with Gasteiger partial charge in [0.25, 0.3) is 0 Å². The highest BCUT2D eigenvalue weighted by Crippen LogP contribution is 2.24. The molecule has 2 rings (SSSR count). The average molecular weight is 359 g/mol. The van der Waals surface area contributed by atoms with Crippen LogP contribution in [0.15, 0.2) is 18.2 Å². The molecule has 1 saturated heterocycles. The van der Waals surface area contributed by atoms with Crippen LogP contribution in [0.25, 0.3) is 0 Å². The third kappa shape index (κ3) is 5.96. The van der Waals surface area contributed by atoms with Crippen LogP contribution in [-0.2, 0) is 16.1 Å². The number of ether oxygens (including phenoxy) is 1. The van der Waals surface area contributed by atoms with Crippen molar-refractivity contribution in [3.63, 3.8) is 0 Å². The molecular weight excluding hydrogens is 335 g/mol. The fourth-order valence-electron chi connectivity index (χ4n) is 2.82. The number of amides is 1. The van der Waals surface area contributed by atoms with E-state index in [0.29, 0.717) is 23.2 Å². The zero-order valence-electron chi connectivity index (χ0n) is 13.5. The van der Waals surface area contributed by atoms with Gasteiger partial charge in [-0.05, 0) is 50.0 Å². The fraction of sp³-hybridized carbons (Fsp3) is 0.588. The minimum atomic E-state index is 0.127. The van der Waals surface area contributed by atoms with Gasteiger partial charge >= 0.3 is 0 Å². The summed E-state index contributed by atoms with van der Waals surface area (Å²) >= 11 is 12.0. The number of benzene rings is 1. The molecule has 1 heterocycles. The van der Waals surface area contributed by atoms with Crippen LogP contribution in [0.2, 0.25) is 10.0 Å². The smallest absolute Gasteiger partial charge is 0.223 e. The Morgan fingerprint density at radius 2 is 2.04 bits per heavy atom. The van der Waals surface area contributed by atoms with Gasteiger partial charge in [-0.25, -0.2) is 0 Å². The first-order chi connectivity index (χ1) is 11.1. The summed E-state index contributed by atoms with van der Waals surface area (Å²) in [7, 11) is 1.67. The van der Waals surface area contributed by atoms with Crippen LogP contribution in [0.1, 0.15) is 24.8 Å². The lowest BCUT2D eigenvalue weighted by Gasteiger charge is -2.31. The molecule has 1 fully saturated rings. The maximum atomic E-state index is 12.1. The first-order valence-corrected chi connectivity index (χ1v) is 8.78. The van der Waals surface area contributed by atoms with E-state index in [-0.39, 0.29) is 11.8 Å². The lowest BCUT2D eigenvalue weighted by atomic mass is 9.95. The van der Waals surface area contributed by atoms with Crippen molar-refractivity contribution in [3.05, 3.63) is 33.8 Å². The van der Waals surface area contributed by atoms with E-state index in [1.165, 1.54) is 0 Å². The molecule has 0 aliphatic carbocycles. The van der Waals surface area contributed by atoms with Gasteiger partial charge in [0.15, 0.2) is 0 Å². The van der Waals surface area contributed by atoms with Crippen molar-refractivity contribution in [1.82, 2.24) is 10.2 Å². The Morgan fingerprint density at radius 3 is 2.70 bits per heavy atom. The number of halogens is 2. The van der Waals surface area contributed by atoms with E-state index in [9.17, 15) is 4.79 Å². The molecular formula is C17H24Cl2N2O2. The molecule has 0 saturated carbocycles. The molecule has 0 unspecified atom stereocenters. The second-order valence-corrected chi connectivity index (χ2v) is 6.75. The molecule has 4 nitrogen and oxygen atoms in total. The van der Waals surface area contributed by atoms with E-state index >= 15 is 0 Å². The summed E-state index contributed by atoms with van der Waals surface area (Å²) in [6.45, 7) is 4.07. The summed E-state index contributed by atoms with van der Waals surface area (Å²) in [6.07, 6.45) is 2.66. The zero-order chi connectivity index (χ0) is 16.7. The normalized spacial score (nSPS) is 16.5. The highest BCUT2D eigenvalue weighted by Gasteiger charge is 2.24. The van der Waals surface area contributed by atoms with Crippen LogP contribution in [0.4, 0.5) is 0 Å². The Hall–Kier alpha value is -0.810. The summed E-state index contributed by atoms with van der Waals surface area (Å²) < 4.78 is 4.98. The van der Waals surface area contributed by atoms with E-state index in [0.717, 1.165) is 44.5 Å². The van der Waals surface area contributed by atoms with Crippen molar-refractivity contribution in [3.8, 4) is 0 Å². The monoisotopic (exact) mass is 358 g/mol. The summed E-state index contributed by atoms with van der Waals surface area (Å²) in [6, 6.07) is 5.75. The molecule has 23 heavy (non-hydrogen) atoms. The van der Waals surface area contributed by atoms with Gasteiger partial charge in [-0.15, -0.1) is 0 Å². The maximum Gasteiger partial charge on any atom is 0.223 e. The van der Waals surface area contributed by atoms with Gasteiger partial charge in [-0.1, -0.05) is 29.3 Å². The van der Waals surface area contributed by atoms with E-state index in [1.54, 1.807) is 7.11 Å². The first-order valence-electron chi connectivity index (χ1n) is 8.03. The molecule has 128 valence electrons. The predicted molar refractivity (Wildman–Crippen MR) is 94.0 cm³/mol. The van der Waals surface area contributed by atoms with Gasteiger partial charge in [0.2, 0.25) is 5.91 Å². The maximum absolute atomic E-state index is 12.1. The molecule has 6 heteroatoms. The second kappa shape index (κ2) is 9.48. The van der Waals surface area contributed by atoms with Crippen molar-refractivity contribution in [2.45, 2.75) is 25.8 Å². The van der Waals surface area contributed by atoms with Crippen LogP contribution in [0.5, 0.6) is 0 Å². The molecule has 0 bridgehead atoms. The number of rotatable bonds is 7. The molecule has 1 amide bonds. The van der Waals surface area contributed by atoms with Crippen molar-refractivity contribution in [2.24, 2.45) is 5.92 Å². The van der Waals surface area contributed by atoms with Crippen LogP contribution >= 0.6 is 23.2 Å². The molecule has 0 atom stereocenters. The number of nitrogens with zero attached hydrogens (tertiary/aromatic N) is 1. The summed E-state index contributed by atoms with van der Waals surface area (Å²) in [4.78, 5) is 14.5. The number of hydrogen-bond acceptors (Lipinski definition) is 3. The summed E-state index contributed by atoms with van der Waals surface area (Å²) in [5, 5.41) is 4.17. The minimum Gasteiger partial charge on any atom is -0.385 e. The number of piperidine rings is 1. The molecule has 0 aromatic heterocycles. The van der Waals surface area contributed by atoms with Crippen LogP contribution in [0.3, 0.4) is 0 Å². The van der Waals surface area contributed by atoms with Gasteiger partial charge in [0, 0.05) is 32.7 Å². The average Bonchev–Trinajstić information content (AvgIpc) is 2.55. The Bertz CT molecular complexity index is 517. The number of carbonyl (C=O) groups excluding carboxylic acids is 1. The quantitative estimate of drug-likeness (QED) is 0.759. The van der Waals surface area contributed by atoms with E-state index < -0.39 is 0 Å². The van der Waals surface area contributed by atoms with Crippen LogP contribution in [0, 0.1) is 5.92 Å². The number of carbonyl (C=O) groups is 1. The first kappa shape index (κ1) is 18.5. The number of hydrogen-bond donors (Lipinski definition) is 1. The highest BCUT2D eigenvalue weighted by atomic mass is 35.5. The molecule has 1 aromatic rings. The number of nitrogens with one attached hydrogen (secondary N) is 1. The second-order valence-electron chi connectivity index (χ2n) is 5.94. The predicted octanol–water partition coefficient (Wildman–Crippen LogP) is 3.36. The summed E-state index contributed by atoms with van der Waals surface area (Å²) in [5.74, 6) is 0.304. The third-order valence-corrected chi connectivity index (χ3v) is 4.91. The number of methoxy groups -OCH3 is 1. The molecule has 1 aliphatic heterocycles. The summed E-state index contributed by atoms with van der Waals surface area (Å²) in [5.41, 5.74) is 1.15.